The average molecular weight is 285 g/mol. The molecule has 0 aliphatic rings. The van der Waals surface area contributed by atoms with E-state index >= 15 is 0 Å². The molecule has 2 heteroatoms. The Kier molecular flexibility index (Phi) is 5.51. The topological polar surface area (TPSA) is 12.0 Å². The third kappa shape index (κ3) is 3.92. The highest BCUT2D eigenvalue weighted by molar-refractivity contribution is 5.36. The first-order valence-electron chi connectivity index (χ1n) is 7.74. The number of aryl methyl sites for hydroxylation is 2. The smallest absolute Gasteiger partial charge is 0.128 e. The van der Waals surface area contributed by atoms with Crippen LogP contribution in [0.2, 0.25) is 0 Å². The van der Waals surface area contributed by atoms with Crippen LogP contribution in [0.3, 0.4) is 0 Å². The summed E-state index contributed by atoms with van der Waals surface area (Å²) in [5, 5.41) is 3.39. The highest BCUT2D eigenvalue weighted by Gasteiger charge is 2.17. The summed E-state index contributed by atoms with van der Waals surface area (Å²) in [6.07, 6.45) is 2.23. The van der Waals surface area contributed by atoms with Crippen LogP contribution in [0.15, 0.2) is 42.5 Å². The van der Waals surface area contributed by atoms with E-state index in [1.807, 2.05) is 26.0 Å². The molecular formula is C19H24FN. The van der Waals surface area contributed by atoms with Crippen molar-refractivity contribution in [1.82, 2.24) is 5.32 Å². The summed E-state index contributed by atoms with van der Waals surface area (Å²) in [6, 6.07) is 13.7. The second kappa shape index (κ2) is 7.37. The van der Waals surface area contributed by atoms with Gasteiger partial charge in [-0.25, -0.2) is 4.39 Å². The normalized spacial score (nSPS) is 12.4. The molecule has 21 heavy (non-hydrogen) atoms. The number of nitrogens with one attached hydrogen (secondary N) is 1. The molecule has 0 bridgehead atoms. The predicted octanol–water partition coefficient (Wildman–Crippen LogP) is 4.79. The van der Waals surface area contributed by atoms with Gasteiger partial charge in [-0.3, -0.25) is 0 Å². The Hall–Kier alpha value is -1.67. The molecule has 2 rings (SSSR count). The molecule has 2 aromatic carbocycles. The maximum absolute atomic E-state index is 14.2. The summed E-state index contributed by atoms with van der Waals surface area (Å²) in [5.74, 6) is -0.149. The molecule has 0 aliphatic carbocycles. The van der Waals surface area contributed by atoms with E-state index in [1.54, 1.807) is 6.07 Å². The SMILES string of the molecule is CCCc1ccc(C(NCC)c2cc(C)ccc2F)cc1. The van der Waals surface area contributed by atoms with E-state index in [0.29, 0.717) is 0 Å². The van der Waals surface area contributed by atoms with E-state index in [-0.39, 0.29) is 11.9 Å². The molecule has 0 saturated heterocycles. The Bertz CT molecular complexity index is 575. The van der Waals surface area contributed by atoms with Gasteiger partial charge in [0.1, 0.15) is 5.82 Å². The summed E-state index contributed by atoms with van der Waals surface area (Å²) >= 11 is 0. The molecule has 1 unspecified atom stereocenters. The molecule has 1 atom stereocenters. The fourth-order valence-electron chi connectivity index (χ4n) is 2.66. The van der Waals surface area contributed by atoms with Crippen molar-refractivity contribution in [3.63, 3.8) is 0 Å². The monoisotopic (exact) mass is 285 g/mol. The Morgan fingerprint density at radius 3 is 2.38 bits per heavy atom. The number of halogens is 1. The second-order valence-corrected chi connectivity index (χ2v) is 5.51. The maximum Gasteiger partial charge on any atom is 0.128 e. The Balaban J connectivity index is 2.35. The first-order chi connectivity index (χ1) is 10.2. The lowest BCUT2D eigenvalue weighted by molar-refractivity contribution is 0.558. The lowest BCUT2D eigenvalue weighted by Crippen LogP contribution is -2.23. The zero-order chi connectivity index (χ0) is 15.2. The fourth-order valence-corrected chi connectivity index (χ4v) is 2.66. The van der Waals surface area contributed by atoms with E-state index in [9.17, 15) is 4.39 Å². The van der Waals surface area contributed by atoms with Crippen molar-refractivity contribution in [3.05, 3.63) is 70.5 Å². The molecule has 112 valence electrons. The van der Waals surface area contributed by atoms with Gasteiger partial charge in [0.05, 0.1) is 6.04 Å². The Morgan fingerprint density at radius 1 is 1.05 bits per heavy atom. The summed E-state index contributed by atoms with van der Waals surface area (Å²) in [5.41, 5.74) is 4.25. The van der Waals surface area contributed by atoms with E-state index in [1.165, 1.54) is 5.56 Å². The molecule has 2 aromatic rings. The van der Waals surface area contributed by atoms with Crippen LogP contribution in [-0.2, 0) is 6.42 Å². The zero-order valence-corrected chi connectivity index (χ0v) is 13.1. The first kappa shape index (κ1) is 15.7. The van der Waals surface area contributed by atoms with Crippen LogP contribution >= 0.6 is 0 Å². The molecule has 0 heterocycles. The van der Waals surface area contributed by atoms with Crippen LogP contribution in [0.1, 0.15) is 48.6 Å². The van der Waals surface area contributed by atoms with Crippen molar-refractivity contribution in [3.8, 4) is 0 Å². The van der Waals surface area contributed by atoms with Gasteiger partial charge in [-0.15, -0.1) is 0 Å². The number of rotatable bonds is 6. The van der Waals surface area contributed by atoms with Crippen molar-refractivity contribution in [1.29, 1.82) is 0 Å². The Labute approximate surface area is 127 Å². The molecule has 0 fully saturated rings. The summed E-state index contributed by atoms with van der Waals surface area (Å²) in [4.78, 5) is 0. The van der Waals surface area contributed by atoms with Crippen LogP contribution in [-0.4, -0.2) is 6.54 Å². The van der Waals surface area contributed by atoms with Crippen LogP contribution < -0.4 is 5.32 Å². The third-order valence-electron chi connectivity index (χ3n) is 3.72. The summed E-state index contributed by atoms with van der Waals surface area (Å²) in [6.45, 7) is 7.02. The fraction of sp³-hybridized carbons (Fsp3) is 0.368. The lowest BCUT2D eigenvalue weighted by Gasteiger charge is -2.20. The maximum atomic E-state index is 14.2. The standard InChI is InChI=1S/C19H24FN/c1-4-6-15-8-10-16(11-9-15)19(21-5-2)17-13-14(3)7-12-18(17)20/h7-13,19,21H,4-6H2,1-3H3. The van der Waals surface area contributed by atoms with Gasteiger partial charge >= 0.3 is 0 Å². The quantitative estimate of drug-likeness (QED) is 0.805. The molecule has 0 radical (unpaired) electrons. The molecule has 0 amide bonds. The van der Waals surface area contributed by atoms with Crippen molar-refractivity contribution < 1.29 is 4.39 Å². The van der Waals surface area contributed by atoms with Gasteiger partial charge in [-0.1, -0.05) is 62.2 Å². The van der Waals surface area contributed by atoms with Crippen LogP contribution in [0.4, 0.5) is 4.39 Å². The zero-order valence-electron chi connectivity index (χ0n) is 13.1. The molecule has 0 spiro atoms. The first-order valence-corrected chi connectivity index (χ1v) is 7.74. The molecular weight excluding hydrogens is 261 g/mol. The third-order valence-corrected chi connectivity index (χ3v) is 3.72. The number of hydrogen-bond donors (Lipinski definition) is 1. The van der Waals surface area contributed by atoms with Crippen LogP contribution in [0, 0.1) is 12.7 Å². The summed E-state index contributed by atoms with van der Waals surface area (Å²) in [7, 11) is 0. The molecule has 0 aliphatic heterocycles. The van der Waals surface area contributed by atoms with Crippen molar-refractivity contribution in [2.24, 2.45) is 0 Å². The van der Waals surface area contributed by atoms with Gasteiger partial charge in [0.25, 0.3) is 0 Å². The second-order valence-electron chi connectivity index (χ2n) is 5.51. The number of benzene rings is 2. The highest BCUT2D eigenvalue weighted by Crippen LogP contribution is 2.26. The number of hydrogen-bond acceptors (Lipinski definition) is 1. The van der Waals surface area contributed by atoms with Crippen LogP contribution in [0.25, 0.3) is 0 Å². The van der Waals surface area contributed by atoms with Gasteiger partial charge in [-0.2, -0.15) is 0 Å². The van der Waals surface area contributed by atoms with Crippen molar-refractivity contribution in [2.75, 3.05) is 6.54 Å². The molecule has 1 nitrogen and oxygen atoms in total. The van der Waals surface area contributed by atoms with Crippen molar-refractivity contribution in [2.45, 2.75) is 39.7 Å². The van der Waals surface area contributed by atoms with E-state index in [2.05, 4.69) is 36.5 Å². The van der Waals surface area contributed by atoms with Crippen LogP contribution in [0.5, 0.6) is 0 Å². The Morgan fingerprint density at radius 2 is 1.76 bits per heavy atom. The summed E-state index contributed by atoms with van der Waals surface area (Å²) < 4.78 is 14.2. The molecule has 0 saturated carbocycles. The predicted molar refractivity (Wildman–Crippen MR) is 87.1 cm³/mol. The minimum absolute atomic E-state index is 0.0921. The van der Waals surface area contributed by atoms with Gasteiger partial charge in [0.15, 0.2) is 0 Å². The van der Waals surface area contributed by atoms with Gasteiger partial charge < -0.3 is 5.32 Å². The van der Waals surface area contributed by atoms with Gasteiger partial charge in [0, 0.05) is 5.56 Å². The van der Waals surface area contributed by atoms with Gasteiger partial charge in [-0.05, 0) is 37.1 Å². The molecule has 1 N–H and O–H groups in total. The average Bonchev–Trinajstić information content (AvgIpc) is 2.49. The minimum Gasteiger partial charge on any atom is -0.306 e. The van der Waals surface area contributed by atoms with E-state index < -0.39 is 0 Å². The van der Waals surface area contributed by atoms with Gasteiger partial charge in [0.2, 0.25) is 0 Å². The van der Waals surface area contributed by atoms with Crippen molar-refractivity contribution >= 4 is 0 Å². The highest BCUT2D eigenvalue weighted by atomic mass is 19.1. The lowest BCUT2D eigenvalue weighted by atomic mass is 9.95. The van der Waals surface area contributed by atoms with E-state index in [4.69, 9.17) is 0 Å². The molecule has 0 aromatic heterocycles. The largest absolute Gasteiger partial charge is 0.306 e. The minimum atomic E-state index is -0.149. The van der Waals surface area contributed by atoms with E-state index in [0.717, 1.165) is 36.1 Å².